The number of hydrogen-bond donors (Lipinski definition) is 1. The number of amides is 1. The third-order valence-corrected chi connectivity index (χ3v) is 4.94. The van der Waals surface area contributed by atoms with Crippen LogP contribution >= 0.6 is 11.8 Å². The first-order valence-electron chi connectivity index (χ1n) is 8.80. The second-order valence-corrected chi connectivity index (χ2v) is 7.57. The van der Waals surface area contributed by atoms with Crippen LogP contribution in [0.2, 0.25) is 0 Å². The molecule has 11 heteroatoms. The SMILES string of the molecule is [C-]#[N+]c1ccc(N(CCSc2ccc(NC(C)=O)cc2)CC(F)(F)F)cc1C(F)(F)F. The van der Waals surface area contributed by atoms with E-state index in [0.717, 1.165) is 21.9 Å². The zero-order valence-corrected chi connectivity index (χ0v) is 17.0. The number of carbonyl (C=O) groups is 1. The summed E-state index contributed by atoms with van der Waals surface area (Å²) in [6, 6.07) is 9.16. The standard InChI is InChI=1S/C20H17F6N3OS/c1-13(30)28-14-3-6-16(7-4-14)31-10-9-29(12-19(21,22)23)15-5-8-18(27-2)17(11-15)20(24,25)26/h3-8,11H,9-10,12H2,1H3,(H,28,30). The van der Waals surface area contributed by atoms with Crippen LogP contribution in [0.25, 0.3) is 4.85 Å². The Morgan fingerprint density at radius 3 is 2.26 bits per heavy atom. The molecule has 0 bridgehead atoms. The van der Waals surface area contributed by atoms with Crippen LogP contribution in [0.5, 0.6) is 0 Å². The minimum Gasteiger partial charge on any atom is -0.362 e. The summed E-state index contributed by atoms with van der Waals surface area (Å²) in [5, 5.41) is 2.59. The molecule has 31 heavy (non-hydrogen) atoms. The zero-order chi connectivity index (χ0) is 23.2. The lowest BCUT2D eigenvalue weighted by molar-refractivity contribution is -0.136. The smallest absolute Gasteiger partial charge is 0.362 e. The predicted molar refractivity (Wildman–Crippen MR) is 107 cm³/mol. The fourth-order valence-electron chi connectivity index (χ4n) is 2.67. The third-order valence-electron chi connectivity index (χ3n) is 3.95. The van der Waals surface area contributed by atoms with Crippen molar-refractivity contribution < 1.29 is 31.1 Å². The first-order chi connectivity index (χ1) is 14.4. The first-order valence-corrected chi connectivity index (χ1v) is 9.78. The van der Waals surface area contributed by atoms with Gasteiger partial charge in [0.2, 0.25) is 5.91 Å². The maximum atomic E-state index is 13.2. The molecule has 2 aromatic rings. The van der Waals surface area contributed by atoms with Gasteiger partial charge in [-0.1, -0.05) is 6.07 Å². The normalized spacial score (nSPS) is 11.7. The van der Waals surface area contributed by atoms with Crippen molar-refractivity contribution in [3.05, 3.63) is 59.4 Å². The minimum absolute atomic E-state index is 0.168. The Labute approximate surface area is 179 Å². The second kappa shape index (κ2) is 9.96. The molecule has 1 amide bonds. The van der Waals surface area contributed by atoms with Gasteiger partial charge in [-0.05, 0) is 36.4 Å². The van der Waals surface area contributed by atoms with E-state index in [2.05, 4.69) is 10.2 Å². The van der Waals surface area contributed by atoms with Crippen LogP contribution in [0.4, 0.5) is 43.4 Å². The van der Waals surface area contributed by atoms with Crippen molar-refractivity contribution in [2.24, 2.45) is 0 Å². The molecule has 0 aromatic heterocycles. The molecule has 0 unspecified atom stereocenters. The van der Waals surface area contributed by atoms with Crippen molar-refractivity contribution >= 4 is 34.7 Å². The molecule has 0 spiro atoms. The number of nitrogens with zero attached hydrogens (tertiary/aromatic N) is 2. The second-order valence-electron chi connectivity index (χ2n) is 6.40. The fourth-order valence-corrected chi connectivity index (χ4v) is 3.55. The van der Waals surface area contributed by atoms with Gasteiger partial charge in [0.15, 0.2) is 5.69 Å². The molecule has 4 nitrogen and oxygen atoms in total. The highest BCUT2D eigenvalue weighted by molar-refractivity contribution is 7.99. The molecule has 166 valence electrons. The van der Waals surface area contributed by atoms with E-state index in [4.69, 9.17) is 6.57 Å². The number of anilines is 2. The zero-order valence-electron chi connectivity index (χ0n) is 16.1. The highest BCUT2D eigenvalue weighted by Gasteiger charge is 2.35. The van der Waals surface area contributed by atoms with Gasteiger partial charge >= 0.3 is 12.4 Å². The number of hydrogen-bond acceptors (Lipinski definition) is 3. The first kappa shape index (κ1) is 24.4. The van der Waals surface area contributed by atoms with E-state index in [1.165, 1.54) is 18.7 Å². The van der Waals surface area contributed by atoms with E-state index in [1.807, 2.05) is 0 Å². The Bertz CT molecular complexity index is 951. The van der Waals surface area contributed by atoms with E-state index in [0.29, 0.717) is 11.8 Å². The number of benzene rings is 2. The average molecular weight is 461 g/mol. The van der Waals surface area contributed by atoms with Gasteiger partial charge in [0.1, 0.15) is 6.54 Å². The van der Waals surface area contributed by atoms with Crippen molar-refractivity contribution in [1.29, 1.82) is 0 Å². The number of alkyl halides is 6. The number of carbonyl (C=O) groups excluding carboxylic acids is 1. The molecular weight excluding hydrogens is 444 g/mol. The van der Waals surface area contributed by atoms with Crippen LogP contribution in [0, 0.1) is 6.57 Å². The molecule has 0 saturated heterocycles. The summed E-state index contributed by atoms with van der Waals surface area (Å²) in [6.07, 6.45) is -9.48. The Morgan fingerprint density at radius 1 is 1.10 bits per heavy atom. The van der Waals surface area contributed by atoms with Crippen molar-refractivity contribution in [2.45, 2.75) is 24.2 Å². The minimum atomic E-state index is -4.86. The fraction of sp³-hybridized carbons (Fsp3) is 0.300. The molecule has 0 aliphatic carbocycles. The van der Waals surface area contributed by atoms with E-state index in [9.17, 15) is 31.1 Å². The molecule has 1 N–H and O–H groups in total. The molecule has 0 aliphatic heterocycles. The van der Waals surface area contributed by atoms with Crippen molar-refractivity contribution in [2.75, 3.05) is 29.1 Å². The molecular formula is C20H17F6N3OS. The molecule has 2 aromatic carbocycles. The van der Waals surface area contributed by atoms with Gasteiger partial charge in [-0.25, -0.2) is 4.85 Å². The Kier molecular flexibility index (Phi) is 7.84. The molecule has 0 radical (unpaired) electrons. The molecule has 0 atom stereocenters. The number of rotatable bonds is 7. The van der Waals surface area contributed by atoms with Gasteiger partial charge in [0.25, 0.3) is 0 Å². The Morgan fingerprint density at radius 2 is 1.74 bits per heavy atom. The van der Waals surface area contributed by atoms with Gasteiger partial charge in [0, 0.05) is 35.5 Å². The average Bonchev–Trinajstić information content (AvgIpc) is 2.66. The molecule has 0 fully saturated rings. The van der Waals surface area contributed by atoms with Crippen molar-refractivity contribution in [1.82, 2.24) is 0 Å². The van der Waals surface area contributed by atoms with Crippen LogP contribution in [0.1, 0.15) is 12.5 Å². The summed E-state index contributed by atoms with van der Waals surface area (Å²) >= 11 is 1.22. The van der Waals surface area contributed by atoms with Gasteiger partial charge < -0.3 is 10.2 Å². The lowest BCUT2D eigenvalue weighted by Crippen LogP contribution is -2.36. The van der Waals surface area contributed by atoms with Crippen LogP contribution < -0.4 is 10.2 Å². The number of halogens is 6. The maximum Gasteiger partial charge on any atom is 0.407 e. The number of nitrogens with one attached hydrogen (secondary N) is 1. The van der Waals surface area contributed by atoms with Crippen molar-refractivity contribution in [3.63, 3.8) is 0 Å². The lowest BCUT2D eigenvalue weighted by Gasteiger charge is -2.27. The lowest BCUT2D eigenvalue weighted by atomic mass is 10.1. The van der Waals surface area contributed by atoms with Crippen LogP contribution in [0.15, 0.2) is 47.4 Å². The summed E-state index contributed by atoms with van der Waals surface area (Å²) < 4.78 is 78.6. The quantitative estimate of drug-likeness (QED) is 0.296. The summed E-state index contributed by atoms with van der Waals surface area (Å²) in [6.45, 7) is 6.60. The maximum absolute atomic E-state index is 13.2. The van der Waals surface area contributed by atoms with E-state index in [1.54, 1.807) is 24.3 Å². The molecule has 2 rings (SSSR count). The highest BCUT2D eigenvalue weighted by Crippen LogP contribution is 2.39. The van der Waals surface area contributed by atoms with Crippen LogP contribution in [0.3, 0.4) is 0 Å². The summed E-state index contributed by atoms with van der Waals surface area (Å²) in [5.41, 5.74) is -1.64. The van der Waals surface area contributed by atoms with E-state index < -0.39 is 30.1 Å². The Hall–Kier alpha value is -2.87. The molecule has 0 saturated carbocycles. The largest absolute Gasteiger partial charge is 0.407 e. The molecule has 0 aliphatic rings. The number of thioether (sulfide) groups is 1. The van der Waals surface area contributed by atoms with E-state index >= 15 is 0 Å². The highest BCUT2D eigenvalue weighted by atomic mass is 32.2. The van der Waals surface area contributed by atoms with Gasteiger partial charge in [-0.15, -0.1) is 11.8 Å². The molecule has 0 heterocycles. The third kappa shape index (κ3) is 7.71. The topological polar surface area (TPSA) is 36.7 Å². The summed E-state index contributed by atoms with van der Waals surface area (Å²) in [5.74, 6) is -0.0766. The predicted octanol–water partition coefficient (Wildman–Crippen LogP) is 6.38. The monoisotopic (exact) mass is 461 g/mol. The summed E-state index contributed by atoms with van der Waals surface area (Å²) in [7, 11) is 0. The Balaban J connectivity index is 2.16. The summed E-state index contributed by atoms with van der Waals surface area (Å²) in [4.78, 5) is 15.3. The van der Waals surface area contributed by atoms with Gasteiger partial charge in [0.05, 0.1) is 12.1 Å². The van der Waals surface area contributed by atoms with Crippen molar-refractivity contribution in [3.8, 4) is 0 Å². The van der Waals surface area contributed by atoms with Gasteiger partial charge in [-0.2, -0.15) is 26.3 Å². The van der Waals surface area contributed by atoms with Crippen LogP contribution in [-0.2, 0) is 11.0 Å². The van der Waals surface area contributed by atoms with Crippen LogP contribution in [-0.4, -0.2) is 30.9 Å². The van der Waals surface area contributed by atoms with Gasteiger partial charge in [-0.3, -0.25) is 4.79 Å². The van der Waals surface area contributed by atoms with E-state index in [-0.39, 0.29) is 23.9 Å².